The fraction of sp³-hybridized carbons (Fsp3) is 0.300. The van der Waals surface area contributed by atoms with Crippen molar-refractivity contribution in [2.24, 2.45) is 0 Å². The van der Waals surface area contributed by atoms with Crippen molar-refractivity contribution < 1.29 is 22.9 Å². The maximum Gasteiger partial charge on any atom is 0.416 e. The number of hydrogen-bond donors (Lipinski definition) is 0. The van der Waals surface area contributed by atoms with E-state index < -0.39 is 28.1 Å². The zero-order chi connectivity index (χ0) is 13.2. The summed E-state index contributed by atoms with van der Waals surface area (Å²) in [5.74, 6) is -0.570. The average molecular weight is 247 g/mol. The van der Waals surface area contributed by atoms with Crippen LogP contribution in [0.15, 0.2) is 18.2 Å². The molecule has 0 spiro atoms. The van der Waals surface area contributed by atoms with Crippen LogP contribution in [0.1, 0.15) is 29.3 Å². The molecule has 0 saturated carbocycles. The zero-order valence-electron chi connectivity index (χ0n) is 8.75. The molecule has 4 nitrogen and oxygen atoms in total. The number of benzene rings is 1. The van der Waals surface area contributed by atoms with Crippen LogP contribution in [-0.2, 0) is 6.18 Å². The molecule has 0 aromatic heterocycles. The van der Waals surface area contributed by atoms with Crippen molar-refractivity contribution in [2.75, 3.05) is 0 Å². The van der Waals surface area contributed by atoms with Gasteiger partial charge in [-0.2, -0.15) is 13.2 Å². The predicted octanol–water partition coefficient (Wildman–Crippen LogP) is 3.21. The van der Waals surface area contributed by atoms with Crippen molar-refractivity contribution in [2.45, 2.75) is 19.5 Å². The number of halogens is 3. The number of carbonyl (C=O) groups is 1. The Morgan fingerprint density at radius 2 is 1.94 bits per heavy atom. The Balaban J connectivity index is 3.39. The Labute approximate surface area is 94.2 Å². The molecule has 0 radical (unpaired) electrons. The SMILES string of the molecule is CCC(=O)c1cc([N+](=O)[O-])cc(C(F)(F)F)c1. The van der Waals surface area contributed by atoms with Gasteiger partial charge in [-0.1, -0.05) is 6.92 Å². The monoisotopic (exact) mass is 247 g/mol. The number of ketones is 1. The smallest absolute Gasteiger partial charge is 0.294 e. The van der Waals surface area contributed by atoms with E-state index in [-0.39, 0.29) is 12.0 Å². The number of rotatable bonds is 3. The summed E-state index contributed by atoms with van der Waals surface area (Å²) in [7, 11) is 0. The van der Waals surface area contributed by atoms with Gasteiger partial charge >= 0.3 is 6.18 Å². The second-order valence-electron chi connectivity index (χ2n) is 3.30. The third kappa shape index (κ3) is 3.02. The van der Waals surface area contributed by atoms with E-state index in [0.717, 1.165) is 6.07 Å². The Morgan fingerprint density at radius 1 is 1.35 bits per heavy atom. The van der Waals surface area contributed by atoms with Crippen LogP contribution in [0.25, 0.3) is 0 Å². The molecule has 0 amide bonds. The van der Waals surface area contributed by atoms with E-state index >= 15 is 0 Å². The van der Waals surface area contributed by atoms with Crippen LogP contribution in [0.4, 0.5) is 18.9 Å². The van der Waals surface area contributed by atoms with E-state index in [1.807, 2.05) is 0 Å². The molecule has 0 aliphatic rings. The van der Waals surface area contributed by atoms with Gasteiger partial charge in [-0.05, 0) is 6.07 Å². The Morgan fingerprint density at radius 3 is 2.35 bits per heavy atom. The molecule has 0 aliphatic carbocycles. The number of alkyl halides is 3. The lowest BCUT2D eigenvalue weighted by Crippen LogP contribution is -2.08. The van der Waals surface area contributed by atoms with Crippen LogP contribution < -0.4 is 0 Å². The topological polar surface area (TPSA) is 60.2 Å². The number of Topliss-reactive ketones (excluding diaryl/α,β-unsaturated/α-hetero) is 1. The summed E-state index contributed by atoms with van der Waals surface area (Å²) in [5, 5.41) is 10.5. The van der Waals surface area contributed by atoms with Gasteiger partial charge in [0.1, 0.15) is 0 Å². The van der Waals surface area contributed by atoms with Crippen LogP contribution in [0, 0.1) is 10.1 Å². The number of nitro groups is 1. The number of nitro benzene ring substituents is 1. The van der Waals surface area contributed by atoms with Crippen molar-refractivity contribution in [3.05, 3.63) is 39.4 Å². The molecule has 0 unspecified atom stereocenters. The fourth-order valence-corrected chi connectivity index (χ4v) is 1.25. The molecule has 7 heteroatoms. The summed E-state index contributed by atoms with van der Waals surface area (Å²) < 4.78 is 37.3. The van der Waals surface area contributed by atoms with Crippen LogP contribution in [0.2, 0.25) is 0 Å². The highest BCUT2D eigenvalue weighted by atomic mass is 19.4. The van der Waals surface area contributed by atoms with Gasteiger partial charge in [-0.25, -0.2) is 0 Å². The molecule has 1 rings (SSSR count). The molecule has 0 N–H and O–H groups in total. The molecule has 0 aliphatic heterocycles. The first-order valence-electron chi connectivity index (χ1n) is 4.65. The van der Waals surface area contributed by atoms with Crippen LogP contribution in [0.5, 0.6) is 0 Å². The highest BCUT2D eigenvalue weighted by molar-refractivity contribution is 5.96. The van der Waals surface area contributed by atoms with Crippen molar-refractivity contribution >= 4 is 11.5 Å². The van der Waals surface area contributed by atoms with Gasteiger partial charge in [0.2, 0.25) is 0 Å². The summed E-state index contributed by atoms with van der Waals surface area (Å²) in [5.41, 5.74) is -2.23. The van der Waals surface area contributed by atoms with Crippen LogP contribution in [0.3, 0.4) is 0 Å². The van der Waals surface area contributed by atoms with Crippen molar-refractivity contribution in [3.63, 3.8) is 0 Å². The third-order valence-corrected chi connectivity index (χ3v) is 2.10. The quantitative estimate of drug-likeness (QED) is 0.468. The van der Waals surface area contributed by atoms with Gasteiger partial charge in [-0.15, -0.1) is 0 Å². The van der Waals surface area contributed by atoms with E-state index in [4.69, 9.17) is 0 Å². The average Bonchev–Trinajstić information content (AvgIpc) is 2.26. The van der Waals surface area contributed by atoms with Gasteiger partial charge in [-0.3, -0.25) is 14.9 Å². The van der Waals surface area contributed by atoms with E-state index in [1.165, 1.54) is 6.92 Å². The van der Waals surface area contributed by atoms with Gasteiger partial charge in [0.05, 0.1) is 10.5 Å². The third-order valence-electron chi connectivity index (χ3n) is 2.10. The Hall–Kier alpha value is -1.92. The maximum absolute atomic E-state index is 12.4. The van der Waals surface area contributed by atoms with E-state index in [0.29, 0.717) is 12.1 Å². The van der Waals surface area contributed by atoms with Gasteiger partial charge in [0, 0.05) is 24.1 Å². The summed E-state index contributed by atoms with van der Waals surface area (Å²) in [6.45, 7) is 1.47. The zero-order valence-corrected chi connectivity index (χ0v) is 8.75. The van der Waals surface area contributed by atoms with E-state index in [2.05, 4.69) is 0 Å². The molecular formula is C10H8F3NO3. The van der Waals surface area contributed by atoms with Gasteiger partial charge in [0.25, 0.3) is 5.69 Å². The molecule has 17 heavy (non-hydrogen) atoms. The van der Waals surface area contributed by atoms with Crippen LogP contribution in [-0.4, -0.2) is 10.7 Å². The van der Waals surface area contributed by atoms with Crippen molar-refractivity contribution in [1.82, 2.24) is 0 Å². The maximum atomic E-state index is 12.4. The summed E-state index contributed by atoms with van der Waals surface area (Å²) in [4.78, 5) is 20.8. The largest absolute Gasteiger partial charge is 0.416 e. The molecule has 92 valence electrons. The van der Waals surface area contributed by atoms with Gasteiger partial charge in [0.15, 0.2) is 5.78 Å². The van der Waals surface area contributed by atoms with E-state index in [1.54, 1.807) is 0 Å². The molecule has 0 bridgehead atoms. The molecule has 0 atom stereocenters. The molecule has 1 aromatic carbocycles. The van der Waals surface area contributed by atoms with Gasteiger partial charge < -0.3 is 0 Å². The number of carbonyl (C=O) groups excluding carboxylic acids is 1. The number of hydrogen-bond acceptors (Lipinski definition) is 3. The first-order chi connectivity index (χ1) is 7.75. The standard InChI is InChI=1S/C10H8F3NO3/c1-2-9(15)6-3-7(10(11,12)13)5-8(4-6)14(16)17/h3-5H,2H2,1H3. The number of nitrogens with zero attached hydrogens (tertiary/aromatic N) is 1. The lowest BCUT2D eigenvalue weighted by Gasteiger charge is -2.08. The lowest BCUT2D eigenvalue weighted by molar-refractivity contribution is -0.385. The number of non-ortho nitro benzene ring substituents is 1. The van der Waals surface area contributed by atoms with Crippen molar-refractivity contribution in [1.29, 1.82) is 0 Å². The first-order valence-corrected chi connectivity index (χ1v) is 4.65. The highest BCUT2D eigenvalue weighted by Gasteiger charge is 2.33. The molecule has 1 aromatic rings. The minimum absolute atomic E-state index is 0.0154. The van der Waals surface area contributed by atoms with Crippen LogP contribution >= 0.6 is 0 Å². The first kappa shape index (κ1) is 13.1. The Bertz CT molecular complexity index is 468. The molecule has 0 heterocycles. The summed E-state index contributed by atoms with van der Waals surface area (Å²) in [6, 6.07) is 1.88. The predicted molar refractivity (Wildman–Crippen MR) is 52.7 cm³/mol. The normalized spacial score (nSPS) is 11.3. The molecular weight excluding hydrogens is 239 g/mol. The highest BCUT2D eigenvalue weighted by Crippen LogP contribution is 2.32. The summed E-state index contributed by atoms with van der Waals surface area (Å²) >= 11 is 0. The second-order valence-corrected chi connectivity index (χ2v) is 3.30. The Kier molecular flexibility index (Phi) is 3.50. The van der Waals surface area contributed by atoms with Crippen molar-refractivity contribution in [3.8, 4) is 0 Å². The fourth-order valence-electron chi connectivity index (χ4n) is 1.25. The second kappa shape index (κ2) is 4.52. The summed E-state index contributed by atoms with van der Waals surface area (Å²) in [6.07, 6.45) is -4.73. The molecule has 0 saturated heterocycles. The van der Waals surface area contributed by atoms with E-state index in [9.17, 15) is 28.1 Å². The molecule has 0 fully saturated rings. The lowest BCUT2D eigenvalue weighted by atomic mass is 10.0. The minimum atomic E-state index is -4.71. The minimum Gasteiger partial charge on any atom is -0.294 e.